The van der Waals surface area contributed by atoms with Crippen molar-refractivity contribution in [3.8, 4) is 11.5 Å². The topological polar surface area (TPSA) is 56.8 Å². The van der Waals surface area contributed by atoms with E-state index in [1.54, 1.807) is 0 Å². The van der Waals surface area contributed by atoms with Crippen LogP contribution < -0.4 is 14.8 Å². The van der Waals surface area contributed by atoms with Gasteiger partial charge < -0.3 is 19.5 Å². The first-order valence-corrected chi connectivity index (χ1v) is 8.20. The average Bonchev–Trinajstić information content (AvgIpc) is 3.09. The lowest BCUT2D eigenvalue weighted by Crippen LogP contribution is -2.42. The standard InChI is InChI=1S/C18H23NO4/c1-3-21-16-7-4-6-13-10-14(11-23-17(13)16)18(20)19-12(2)15-8-5-9-22-15/h4,6-7,10,12,15H,3,5,8-9,11H2,1-2H3,(H,19,20)/t12-,15+/m0/s1. The third kappa shape index (κ3) is 3.50. The van der Waals surface area contributed by atoms with Crippen molar-refractivity contribution in [2.24, 2.45) is 0 Å². The Balaban J connectivity index is 1.71. The first kappa shape index (κ1) is 15.9. The lowest BCUT2D eigenvalue weighted by Gasteiger charge is -2.23. The average molecular weight is 317 g/mol. The minimum Gasteiger partial charge on any atom is -0.490 e. The van der Waals surface area contributed by atoms with Crippen LogP contribution in [0, 0.1) is 0 Å². The number of rotatable bonds is 5. The molecule has 23 heavy (non-hydrogen) atoms. The molecular formula is C18H23NO4. The summed E-state index contributed by atoms with van der Waals surface area (Å²) >= 11 is 0. The van der Waals surface area contributed by atoms with E-state index in [-0.39, 0.29) is 24.7 Å². The fraction of sp³-hybridized carbons (Fsp3) is 0.500. The molecule has 0 radical (unpaired) electrons. The van der Waals surface area contributed by atoms with E-state index in [0.29, 0.717) is 23.7 Å². The summed E-state index contributed by atoms with van der Waals surface area (Å²) in [5, 5.41) is 3.02. The van der Waals surface area contributed by atoms with Gasteiger partial charge in [0.2, 0.25) is 0 Å². The number of carbonyl (C=O) groups excluding carboxylic acids is 1. The normalized spacial score (nSPS) is 21.0. The highest BCUT2D eigenvalue weighted by Crippen LogP contribution is 2.35. The molecule has 2 aliphatic rings. The fourth-order valence-corrected chi connectivity index (χ4v) is 2.97. The summed E-state index contributed by atoms with van der Waals surface area (Å²) in [6.07, 6.45) is 4.04. The predicted octanol–water partition coefficient (Wildman–Crippen LogP) is 2.54. The third-order valence-electron chi connectivity index (χ3n) is 4.18. The molecule has 5 nitrogen and oxygen atoms in total. The summed E-state index contributed by atoms with van der Waals surface area (Å²) in [5.74, 6) is 1.33. The minimum atomic E-state index is -0.0968. The van der Waals surface area contributed by atoms with Gasteiger partial charge >= 0.3 is 0 Å². The predicted molar refractivity (Wildman–Crippen MR) is 87.7 cm³/mol. The van der Waals surface area contributed by atoms with E-state index in [4.69, 9.17) is 14.2 Å². The number of hydrogen-bond acceptors (Lipinski definition) is 4. The van der Waals surface area contributed by atoms with Crippen molar-refractivity contribution in [2.75, 3.05) is 19.8 Å². The smallest absolute Gasteiger partial charge is 0.250 e. The Morgan fingerprint density at radius 2 is 2.35 bits per heavy atom. The zero-order valence-corrected chi connectivity index (χ0v) is 13.6. The van der Waals surface area contributed by atoms with Gasteiger partial charge in [0.05, 0.1) is 24.3 Å². The van der Waals surface area contributed by atoms with Crippen LogP contribution >= 0.6 is 0 Å². The number of fused-ring (bicyclic) bond motifs is 1. The number of amides is 1. The Morgan fingerprint density at radius 3 is 3.09 bits per heavy atom. The number of hydrogen-bond donors (Lipinski definition) is 1. The van der Waals surface area contributed by atoms with Gasteiger partial charge in [-0.2, -0.15) is 0 Å². The molecule has 1 N–H and O–H groups in total. The summed E-state index contributed by atoms with van der Waals surface area (Å²) < 4.78 is 16.9. The van der Waals surface area contributed by atoms with E-state index >= 15 is 0 Å². The molecule has 0 saturated carbocycles. The third-order valence-corrected chi connectivity index (χ3v) is 4.18. The highest BCUT2D eigenvalue weighted by molar-refractivity contribution is 5.99. The van der Waals surface area contributed by atoms with Gasteiger partial charge in [-0.15, -0.1) is 0 Å². The van der Waals surface area contributed by atoms with E-state index in [1.165, 1.54) is 0 Å². The van der Waals surface area contributed by atoms with Gasteiger partial charge in [-0.3, -0.25) is 4.79 Å². The van der Waals surface area contributed by atoms with Crippen LogP contribution in [0.4, 0.5) is 0 Å². The number of ether oxygens (including phenoxy) is 3. The SMILES string of the molecule is CCOc1cccc2c1OCC(C(=O)N[C@@H](C)[C@H]1CCCO1)=C2. The molecule has 5 heteroatoms. The molecule has 1 saturated heterocycles. The maximum Gasteiger partial charge on any atom is 0.250 e. The van der Waals surface area contributed by atoms with Crippen LogP contribution in [-0.4, -0.2) is 37.9 Å². The van der Waals surface area contributed by atoms with Gasteiger partial charge in [0, 0.05) is 12.2 Å². The lowest BCUT2D eigenvalue weighted by atomic mass is 10.1. The molecule has 0 unspecified atom stereocenters. The Hall–Kier alpha value is -2.01. The maximum absolute atomic E-state index is 12.4. The summed E-state index contributed by atoms with van der Waals surface area (Å²) in [5.41, 5.74) is 1.49. The summed E-state index contributed by atoms with van der Waals surface area (Å²) in [6, 6.07) is 5.70. The highest BCUT2D eigenvalue weighted by Gasteiger charge is 2.26. The second-order valence-electron chi connectivity index (χ2n) is 5.88. The number of carbonyl (C=O) groups is 1. The highest BCUT2D eigenvalue weighted by atomic mass is 16.5. The van der Waals surface area contributed by atoms with Crippen molar-refractivity contribution in [2.45, 2.75) is 38.8 Å². The molecule has 124 valence electrons. The minimum absolute atomic E-state index is 0.00190. The van der Waals surface area contributed by atoms with Gasteiger partial charge in [0.25, 0.3) is 5.91 Å². The fourth-order valence-electron chi connectivity index (χ4n) is 2.97. The van der Waals surface area contributed by atoms with E-state index in [0.717, 1.165) is 25.0 Å². The van der Waals surface area contributed by atoms with Crippen molar-refractivity contribution in [1.29, 1.82) is 0 Å². The van der Waals surface area contributed by atoms with Crippen molar-refractivity contribution in [3.63, 3.8) is 0 Å². The molecule has 1 aromatic rings. The molecular weight excluding hydrogens is 294 g/mol. The first-order chi connectivity index (χ1) is 11.2. The molecule has 1 aromatic carbocycles. The molecule has 2 heterocycles. The van der Waals surface area contributed by atoms with Crippen LogP contribution in [0.1, 0.15) is 32.3 Å². The zero-order valence-electron chi connectivity index (χ0n) is 13.6. The van der Waals surface area contributed by atoms with Crippen LogP contribution in [0.5, 0.6) is 11.5 Å². The maximum atomic E-state index is 12.4. The van der Waals surface area contributed by atoms with E-state index < -0.39 is 0 Å². The monoisotopic (exact) mass is 317 g/mol. The van der Waals surface area contributed by atoms with Crippen LogP contribution in [0.15, 0.2) is 23.8 Å². The number of nitrogens with one attached hydrogen (secondary N) is 1. The van der Waals surface area contributed by atoms with E-state index in [1.807, 2.05) is 38.1 Å². The Bertz CT molecular complexity index is 605. The molecule has 1 amide bonds. The summed E-state index contributed by atoms with van der Waals surface area (Å²) in [4.78, 5) is 12.4. The van der Waals surface area contributed by atoms with E-state index in [2.05, 4.69) is 5.32 Å². The molecule has 1 fully saturated rings. The second-order valence-corrected chi connectivity index (χ2v) is 5.88. The molecule has 0 aromatic heterocycles. The quantitative estimate of drug-likeness (QED) is 0.907. The number of benzene rings is 1. The molecule has 0 bridgehead atoms. The van der Waals surface area contributed by atoms with Gasteiger partial charge in [-0.25, -0.2) is 0 Å². The van der Waals surface area contributed by atoms with Crippen molar-refractivity contribution in [3.05, 3.63) is 29.3 Å². The van der Waals surface area contributed by atoms with Crippen LogP contribution in [0.2, 0.25) is 0 Å². The zero-order chi connectivity index (χ0) is 16.2. The summed E-state index contributed by atoms with van der Waals surface area (Å²) in [7, 11) is 0. The number of para-hydroxylation sites is 1. The van der Waals surface area contributed by atoms with Crippen molar-refractivity contribution >= 4 is 12.0 Å². The molecule has 2 atom stereocenters. The van der Waals surface area contributed by atoms with Crippen LogP contribution in [-0.2, 0) is 9.53 Å². The molecule has 3 rings (SSSR count). The van der Waals surface area contributed by atoms with Crippen LogP contribution in [0.3, 0.4) is 0 Å². The Kier molecular flexibility index (Phi) is 4.86. The first-order valence-electron chi connectivity index (χ1n) is 8.20. The Labute approximate surface area is 136 Å². The summed E-state index contributed by atoms with van der Waals surface area (Å²) in [6.45, 7) is 5.53. The van der Waals surface area contributed by atoms with E-state index in [9.17, 15) is 4.79 Å². The second kappa shape index (κ2) is 7.04. The lowest BCUT2D eigenvalue weighted by molar-refractivity contribution is -0.119. The van der Waals surface area contributed by atoms with Crippen molar-refractivity contribution in [1.82, 2.24) is 5.32 Å². The Morgan fingerprint density at radius 1 is 1.48 bits per heavy atom. The van der Waals surface area contributed by atoms with Gasteiger partial charge in [0.15, 0.2) is 11.5 Å². The van der Waals surface area contributed by atoms with Gasteiger partial charge in [-0.1, -0.05) is 12.1 Å². The van der Waals surface area contributed by atoms with Gasteiger partial charge in [-0.05, 0) is 38.8 Å². The molecule has 2 aliphatic heterocycles. The van der Waals surface area contributed by atoms with Gasteiger partial charge in [0.1, 0.15) is 6.61 Å². The van der Waals surface area contributed by atoms with Crippen molar-refractivity contribution < 1.29 is 19.0 Å². The largest absolute Gasteiger partial charge is 0.490 e. The molecule has 0 aliphatic carbocycles. The van der Waals surface area contributed by atoms with Crippen LogP contribution in [0.25, 0.3) is 6.08 Å². The molecule has 0 spiro atoms.